The minimum absolute atomic E-state index is 0.0639. The van der Waals surface area contributed by atoms with Crippen LogP contribution in [0.25, 0.3) is 0 Å². The van der Waals surface area contributed by atoms with Crippen LogP contribution < -0.4 is 0 Å². The Labute approximate surface area is 104 Å². The zero-order valence-corrected chi connectivity index (χ0v) is 10.3. The molecule has 1 rings (SSSR count). The average molecular weight is 257 g/mol. The van der Waals surface area contributed by atoms with E-state index in [9.17, 15) is 9.59 Å². The first-order valence-electron chi connectivity index (χ1n) is 5.41. The Balaban J connectivity index is 2.92. The number of carbonyl (C=O) groups is 2. The summed E-state index contributed by atoms with van der Waals surface area (Å²) in [4.78, 5) is 26.7. The second-order valence-corrected chi connectivity index (χ2v) is 3.45. The van der Waals surface area contributed by atoms with Crippen molar-refractivity contribution in [3.05, 3.63) is 17.3 Å². The summed E-state index contributed by atoms with van der Waals surface area (Å²) in [6.45, 7) is 0.0639. The van der Waals surface area contributed by atoms with E-state index >= 15 is 0 Å². The maximum atomic E-state index is 11.4. The predicted octanol–water partition coefficient (Wildman–Crippen LogP) is 0.563. The van der Waals surface area contributed by atoms with Crippen molar-refractivity contribution in [2.45, 2.75) is 19.3 Å². The minimum atomic E-state index is -0.781. The van der Waals surface area contributed by atoms with Crippen molar-refractivity contribution >= 4 is 11.9 Å². The quantitative estimate of drug-likeness (QED) is 0.587. The van der Waals surface area contributed by atoms with Crippen LogP contribution in [0, 0.1) is 0 Å². The number of aromatic nitrogens is 1. The molecule has 0 spiro atoms. The number of unbranched alkanes of at least 4 members (excludes halogenated alkanes) is 1. The van der Waals surface area contributed by atoms with E-state index in [0.29, 0.717) is 19.3 Å². The summed E-state index contributed by atoms with van der Waals surface area (Å²) >= 11 is 0. The number of carbonyl (C=O) groups excluding carboxylic acids is 2. The molecular formula is C11H15NO6. The van der Waals surface area contributed by atoms with Crippen LogP contribution in [-0.4, -0.2) is 42.9 Å². The van der Waals surface area contributed by atoms with E-state index in [1.165, 1.54) is 14.2 Å². The van der Waals surface area contributed by atoms with Crippen LogP contribution >= 0.6 is 0 Å². The Morgan fingerprint density at radius 1 is 1.22 bits per heavy atom. The monoisotopic (exact) mass is 257 g/mol. The van der Waals surface area contributed by atoms with Gasteiger partial charge in [0, 0.05) is 13.0 Å². The number of oxazole rings is 1. The van der Waals surface area contributed by atoms with E-state index in [4.69, 9.17) is 9.52 Å². The summed E-state index contributed by atoms with van der Waals surface area (Å²) in [7, 11) is 2.36. The lowest BCUT2D eigenvalue weighted by molar-refractivity contribution is 0.0525. The molecule has 0 fully saturated rings. The Morgan fingerprint density at radius 2 is 1.89 bits per heavy atom. The zero-order valence-electron chi connectivity index (χ0n) is 10.3. The summed E-state index contributed by atoms with van der Waals surface area (Å²) < 4.78 is 14.2. The highest BCUT2D eigenvalue weighted by Crippen LogP contribution is 2.15. The van der Waals surface area contributed by atoms with Gasteiger partial charge in [-0.05, 0) is 12.8 Å². The van der Waals surface area contributed by atoms with Crippen molar-refractivity contribution in [2.24, 2.45) is 0 Å². The minimum Gasteiger partial charge on any atom is -0.464 e. The van der Waals surface area contributed by atoms with Crippen molar-refractivity contribution in [2.75, 3.05) is 20.8 Å². The smallest absolute Gasteiger partial charge is 0.376 e. The first kappa shape index (κ1) is 14.2. The van der Waals surface area contributed by atoms with Crippen LogP contribution in [-0.2, 0) is 15.9 Å². The number of aryl methyl sites for hydroxylation is 1. The fourth-order valence-corrected chi connectivity index (χ4v) is 1.33. The zero-order chi connectivity index (χ0) is 13.5. The average Bonchev–Trinajstić information content (AvgIpc) is 2.81. The van der Waals surface area contributed by atoms with Gasteiger partial charge < -0.3 is 19.0 Å². The lowest BCUT2D eigenvalue weighted by atomic mass is 10.2. The van der Waals surface area contributed by atoms with Gasteiger partial charge in [-0.1, -0.05) is 0 Å². The van der Waals surface area contributed by atoms with Crippen LogP contribution in [0.4, 0.5) is 0 Å². The number of hydrogen-bond donors (Lipinski definition) is 1. The second-order valence-electron chi connectivity index (χ2n) is 3.45. The molecule has 0 aliphatic rings. The van der Waals surface area contributed by atoms with E-state index in [-0.39, 0.29) is 24.0 Å². The summed E-state index contributed by atoms with van der Waals surface area (Å²) in [5, 5.41) is 8.66. The van der Waals surface area contributed by atoms with Gasteiger partial charge in [-0.3, -0.25) is 0 Å². The number of methoxy groups -OCH3 is 2. The molecule has 1 N–H and O–H groups in total. The Hall–Kier alpha value is -1.89. The van der Waals surface area contributed by atoms with Crippen molar-refractivity contribution in [1.29, 1.82) is 0 Å². The fraction of sp³-hybridized carbons (Fsp3) is 0.545. The van der Waals surface area contributed by atoms with E-state index in [0.717, 1.165) is 0 Å². The van der Waals surface area contributed by atoms with Gasteiger partial charge in [0.25, 0.3) is 0 Å². The van der Waals surface area contributed by atoms with E-state index in [1.54, 1.807) is 0 Å². The molecule has 0 aliphatic carbocycles. The van der Waals surface area contributed by atoms with Crippen molar-refractivity contribution in [1.82, 2.24) is 4.98 Å². The molecule has 100 valence electrons. The molecule has 7 nitrogen and oxygen atoms in total. The predicted molar refractivity (Wildman–Crippen MR) is 59.2 cm³/mol. The lowest BCUT2D eigenvalue weighted by Crippen LogP contribution is -2.10. The molecule has 18 heavy (non-hydrogen) atoms. The second kappa shape index (κ2) is 6.75. The highest BCUT2D eigenvalue weighted by molar-refractivity contribution is 5.99. The largest absolute Gasteiger partial charge is 0.464 e. The highest BCUT2D eigenvalue weighted by Gasteiger charge is 2.26. The Morgan fingerprint density at radius 3 is 2.44 bits per heavy atom. The number of hydrogen-bond acceptors (Lipinski definition) is 7. The molecular weight excluding hydrogens is 242 g/mol. The Bertz CT molecular complexity index is 392. The van der Waals surface area contributed by atoms with Crippen LogP contribution in [0.2, 0.25) is 0 Å². The summed E-state index contributed by atoms with van der Waals surface area (Å²) in [6, 6.07) is 0. The molecule has 1 heterocycles. The molecule has 0 saturated carbocycles. The molecule has 0 saturated heterocycles. The van der Waals surface area contributed by atoms with Gasteiger partial charge in [0.15, 0.2) is 5.89 Å². The third kappa shape index (κ3) is 3.30. The third-order valence-corrected chi connectivity index (χ3v) is 2.22. The van der Waals surface area contributed by atoms with Gasteiger partial charge >= 0.3 is 11.9 Å². The van der Waals surface area contributed by atoms with Crippen LogP contribution in [0.1, 0.15) is 39.8 Å². The summed E-state index contributed by atoms with van der Waals surface area (Å²) in [5.74, 6) is -1.56. The molecule has 0 radical (unpaired) electrons. The number of rotatable bonds is 6. The molecule has 0 aliphatic heterocycles. The normalized spacial score (nSPS) is 10.2. The van der Waals surface area contributed by atoms with Crippen LogP contribution in [0.3, 0.4) is 0 Å². The third-order valence-electron chi connectivity index (χ3n) is 2.22. The van der Waals surface area contributed by atoms with Crippen molar-refractivity contribution in [3.8, 4) is 0 Å². The summed E-state index contributed by atoms with van der Waals surface area (Å²) in [5.41, 5.74) is -0.191. The van der Waals surface area contributed by atoms with E-state index < -0.39 is 11.9 Å². The van der Waals surface area contributed by atoms with Gasteiger partial charge in [0.2, 0.25) is 11.5 Å². The van der Waals surface area contributed by atoms with E-state index in [1.807, 2.05) is 0 Å². The number of aliphatic hydroxyl groups is 1. The lowest BCUT2D eigenvalue weighted by Gasteiger charge is -1.96. The molecule has 1 aromatic rings. The first-order chi connectivity index (χ1) is 8.63. The van der Waals surface area contributed by atoms with E-state index in [2.05, 4.69) is 14.5 Å². The SMILES string of the molecule is COC(=O)c1nc(CCCCO)oc1C(=O)OC. The van der Waals surface area contributed by atoms with Gasteiger partial charge in [0.1, 0.15) is 0 Å². The fourth-order valence-electron chi connectivity index (χ4n) is 1.33. The van der Waals surface area contributed by atoms with Crippen molar-refractivity contribution < 1.29 is 28.6 Å². The molecule has 1 aromatic heterocycles. The number of aliphatic hydroxyl groups excluding tert-OH is 1. The molecule has 0 unspecified atom stereocenters. The van der Waals surface area contributed by atoms with Gasteiger partial charge in [-0.25, -0.2) is 14.6 Å². The maximum Gasteiger partial charge on any atom is 0.376 e. The molecule has 0 aromatic carbocycles. The van der Waals surface area contributed by atoms with Crippen molar-refractivity contribution in [3.63, 3.8) is 0 Å². The maximum absolute atomic E-state index is 11.4. The molecule has 7 heteroatoms. The molecule has 0 atom stereocenters. The van der Waals surface area contributed by atoms with Crippen LogP contribution in [0.5, 0.6) is 0 Å². The Kier molecular flexibility index (Phi) is 5.31. The molecule has 0 amide bonds. The van der Waals surface area contributed by atoms with Gasteiger partial charge in [-0.2, -0.15) is 0 Å². The standard InChI is InChI=1S/C11H15NO6/c1-16-10(14)8-9(11(15)17-2)18-7(12-8)5-3-4-6-13/h13H,3-6H2,1-2H3. The van der Waals surface area contributed by atoms with Gasteiger partial charge in [0.05, 0.1) is 14.2 Å². The topological polar surface area (TPSA) is 98.9 Å². The number of nitrogens with zero attached hydrogens (tertiary/aromatic N) is 1. The molecule has 0 bridgehead atoms. The van der Waals surface area contributed by atoms with Crippen LogP contribution in [0.15, 0.2) is 4.42 Å². The summed E-state index contributed by atoms with van der Waals surface area (Å²) in [6.07, 6.45) is 1.64. The number of esters is 2. The highest BCUT2D eigenvalue weighted by atomic mass is 16.5. The number of ether oxygens (including phenoxy) is 2. The first-order valence-corrected chi connectivity index (χ1v) is 5.41. The van der Waals surface area contributed by atoms with Gasteiger partial charge in [-0.15, -0.1) is 0 Å².